The van der Waals surface area contributed by atoms with Gasteiger partial charge in [-0.25, -0.2) is 4.79 Å². The minimum Gasteiger partial charge on any atom is -0.486 e. The second-order valence-corrected chi connectivity index (χ2v) is 5.72. The fourth-order valence-corrected chi connectivity index (χ4v) is 2.63. The van der Waals surface area contributed by atoms with E-state index in [1.165, 1.54) is 12.1 Å². The minimum absolute atomic E-state index is 0.101. The highest BCUT2D eigenvalue weighted by molar-refractivity contribution is 5.97. The fraction of sp³-hybridized carbons (Fsp3) is 0.263. The third kappa shape index (κ3) is 4.29. The molecule has 6 nitrogen and oxygen atoms in total. The van der Waals surface area contributed by atoms with Crippen LogP contribution in [0.2, 0.25) is 0 Å². The Hall–Kier alpha value is -3.02. The summed E-state index contributed by atoms with van der Waals surface area (Å²) in [6, 6.07) is 11.9. The number of carboxylic acids is 1. The second-order valence-electron chi connectivity index (χ2n) is 5.72. The number of nitrogens with one attached hydrogen (secondary N) is 1. The largest absolute Gasteiger partial charge is 0.486 e. The molecule has 1 amide bonds. The number of amides is 1. The molecule has 2 aromatic carbocycles. The average molecular weight is 341 g/mol. The molecule has 0 atom stereocenters. The number of rotatable bonds is 6. The third-order valence-electron chi connectivity index (χ3n) is 3.91. The van der Waals surface area contributed by atoms with Crippen LogP contribution in [0, 0.1) is 0 Å². The van der Waals surface area contributed by atoms with E-state index in [1.54, 1.807) is 12.1 Å². The van der Waals surface area contributed by atoms with E-state index in [4.69, 9.17) is 14.6 Å². The molecule has 3 rings (SSSR count). The summed E-state index contributed by atoms with van der Waals surface area (Å²) in [5.41, 5.74) is 1.56. The van der Waals surface area contributed by atoms with Gasteiger partial charge in [0.15, 0.2) is 11.5 Å². The standard InChI is InChI=1S/C19H19NO5/c21-18(14-4-1-5-15(12-14)19(22)23)20-8-2-3-13-6-7-16-17(11-13)25-10-9-24-16/h1,4-7,11-12H,2-3,8-10H2,(H,20,21)(H,22,23). The molecule has 1 aliphatic rings. The Balaban J connectivity index is 1.49. The van der Waals surface area contributed by atoms with Crippen LogP contribution in [0.15, 0.2) is 42.5 Å². The van der Waals surface area contributed by atoms with E-state index in [9.17, 15) is 9.59 Å². The zero-order valence-electron chi connectivity index (χ0n) is 13.7. The molecule has 2 aromatic rings. The summed E-state index contributed by atoms with van der Waals surface area (Å²) < 4.78 is 11.0. The normalized spacial score (nSPS) is 12.5. The molecule has 0 radical (unpaired) electrons. The lowest BCUT2D eigenvalue weighted by atomic mass is 10.1. The van der Waals surface area contributed by atoms with Crippen LogP contribution in [-0.2, 0) is 6.42 Å². The Morgan fingerprint density at radius 2 is 1.76 bits per heavy atom. The number of aryl methyl sites for hydroxylation is 1. The van der Waals surface area contributed by atoms with Gasteiger partial charge in [-0.15, -0.1) is 0 Å². The number of aromatic carboxylic acids is 1. The van der Waals surface area contributed by atoms with Crippen LogP contribution in [0.5, 0.6) is 11.5 Å². The summed E-state index contributed by atoms with van der Waals surface area (Å²) in [6.07, 6.45) is 1.57. The van der Waals surface area contributed by atoms with Gasteiger partial charge in [-0.3, -0.25) is 4.79 Å². The van der Waals surface area contributed by atoms with Gasteiger partial charge in [-0.05, 0) is 48.7 Å². The van der Waals surface area contributed by atoms with Gasteiger partial charge in [-0.2, -0.15) is 0 Å². The van der Waals surface area contributed by atoms with Crippen LogP contribution in [0.3, 0.4) is 0 Å². The molecule has 0 saturated heterocycles. The van der Waals surface area contributed by atoms with Crippen molar-refractivity contribution in [3.8, 4) is 11.5 Å². The number of carboxylic acid groups (broad SMARTS) is 1. The molecule has 1 aliphatic heterocycles. The summed E-state index contributed by atoms with van der Waals surface area (Å²) in [4.78, 5) is 23.0. The van der Waals surface area contributed by atoms with Crippen molar-refractivity contribution in [2.24, 2.45) is 0 Å². The molecule has 0 unspecified atom stereocenters. The lowest BCUT2D eigenvalue weighted by Gasteiger charge is -2.18. The predicted octanol–water partition coefficient (Wildman–Crippen LogP) is 2.52. The zero-order chi connectivity index (χ0) is 17.6. The molecule has 0 aliphatic carbocycles. The van der Waals surface area contributed by atoms with Crippen molar-refractivity contribution in [2.75, 3.05) is 19.8 Å². The first-order valence-electron chi connectivity index (χ1n) is 8.13. The van der Waals surface area contributed by atoms with Gasteiger partial charge in [0.25, 0.3) is 5.91 Å². The van der Waals surface area contributed by atoms with Gasteiger partial charge >= 0.3 is 5.97 Å². The first-order chi connectivity index (χ1) is 12.1. The monoisotopic (exact) mass is 341 g/mol. The van der Waals surface area contributed by atoms with Crippen molar-refractivity contribution in [1.29, 1.82) is 0 Å². The smallest absolute Gasteiger partial charge is 0.335 e. The maximum Gasteiger partial charge on any atom is 0.335 e. The van der Waals surface area contributed by atoms with E-state index >= 15 is 0 Å². The van der Waals surface area contributed by atoms with Gasteiger partial charge in [0.2, 0.25) is 0 Å². The van der Waals surface area contributed by atoms with Crippen LogP contribution in [-0.4, -0.2) is 36.7 Å². The van der Waals surface area contributed by atoms with E-state index in [-0.39, 0.29) is 11.5 Å². The quantitative estimate of drug-likeness (QED) is 0.789. The molecular formula is C19H19NO5. The highest BCUT2D eigenvalue weighted by Crippen LogP contribution is 2.30. The van der Waals surface area contributed by atoms with Crippen molar-refractivity contribution in [2.45, 2.75) is 12.8 Å². The second kappa shape index (κ2) is 7.70. The molecule has 2 N–H and O–H groups in total. The molecule has 25 heavy (non-hydrogen) atoms. The van der Waals surface area contributed by atoms with Gasteiger partial charge in [0.05, 0.1) is 5.56 Å². The lowest BCUT2D eigenvalue weighted by Crippen LogP contribution is -2.25. The van der Waals surface area contributed by atoms with Crippen molar-refractivity contribution >= 4 is 11.9 Å². The van der Waals surface area contributed by atoms with Gasteiger partial charge in [-0.1, -0.05) is 12.1 Å². The Labute approximate surface area is 145 Å². The number of carbonyl (C=O) groups is 2. The number of hydrogen-bond acceptors (Lipinski definition) is 4. The van der Waals surface area contributed by atoms with Gasteiger partial charge in [0.1, 0.15) is 13.2 Å². The average Bonchev–Trinajstić information content (AvgIpc) is 2.65. The first kappa shape index (κ1) is 16.8. The topological polar surface area (TPSA) is 84.9 Å². The third-order valence-corrected chi connectivity index (χ3v) is 3.91. The molecule has 0 spiro atoms. The van der Waals surface area contributed by atoms with Crippen molar-refractivity contribution in [1.82, 2.24) is 5.32 Å². The number of carbonyl (C=O) groups excluding carboxylic acids is 1. The Kier molecular flexibility index (Phi) is 5.18. The summed E-state index contributed by atoms with van der Waals surface area (Å²) in [6.45, 7) is 1.63. The summed E-state index contributed by atoms with van der Waals surface area (Å²) in [5.74, 6) is 0.207. The van der Waals surface area contributed by atoms with Crippen LogP contribution in [0.1, 0.15) is 32.7 Å². The zero-order valence-corrected chi connectivity index (χ0v) is 13.7. The van der Waals surface area contributed by atoms with Crippen LogP contribution < -0.4 is 14.8 Å². The number of ether oxygens (including phenoxy) is 2. The molecule has 0 aromatic heterocycles. The van der Waals surface area contributed by atoms with Gasteiger partial charge in [0, 0.05) is 12.1 Å². The molecule has 0 fully saturated rings. The predicted molar refractivity (Wildman–Crippen MR) is 91.5 cm³/mol. The number of benzene rings is 2. The number of hydrogen-bond donors (Lipinski definition) is 2. The Bertz CT molecular complexity index is 787. The molecule has 0 bridgehead atoms. The Morgan fingerprint density at radius 1 is 1.00 bits per heavy atom. The summed E-state index contributed by atoms with van der Waals surface area (Å²) >= 11 is 0. The molecule has 6 heteroatoms. The van der Waals surface area contributed by atoms with Crippen molar-refractivity contribution < 1.29 is 24.2 Å². The molecular weight excluding hydrogens is 322 g/mol. The van der Waals surface area contributed by atoms with E-state index in [0.717, 1.165) is 29.9 Å². The van der Waals surface area contributed by atoms with Gasteiger partial charge < -0.3 is 19.9 Å². The first-order valence-corrected chi connectivity index (χ1v) is 8.13. The summed E-state index contributed by atoms with van der Waals surface area (Å²) in [5, 5.41) is 11.8. The fourth-order valence-electron chi connectivity index (χ4n) is 2.63. The van der Waals surface area contributed by atoms with Crippen molar-refractivity contribution in [3.05, 3.63) is 59.2 Å². The van der Waals surface area contributed by atoms with Crippen LogP contribution in [0.25, 0.3) is 0 Å². The van der Waals surface area contributed by atoms with E-state index in [1.807, 2.05) is 18.2 Å². The number of fused-ring (bicyclic) bond motifs is 1. The molecule has 130 valence electrons. The minimum atomic E-state index is -1.05. The highest BCUT2D eigenvalue weighted by atomic mass is 16.6. The van der Waals surface area contributed by atoms with Crippen LogP contribution in [0.4, 0.5) is 0 Å². The Morgan fingerprint density at radius 3 is 2.56 bits per heavy atom. The maximum atomic E-state index is 12.1. The summed E-state index contributed by atoms with van der Waals surface area (Å²) in [7, 11) is 0. The highest BCUT2D eigenvalue weighted by Gasteiger charge is 2.12. The van der Waals surface area contributed by atoms with E-state index < -0.39 is 5.97 Å². The van der Waals surface area contributed by atoms with E-state index in [2.05, 4.69) is 5.32 Å². The molecule has 1 heterocycles. The maximum absolute atomic E-state index is 12.1. The van der Waals surface area contributed by atoms with Crippen LogP contribution >= 0.6 is 0 Å². The van der Waals surface area contributed by atoms with Crippen molar-refractivity contribution in [3.63, 3.8) is 0 Å². The lowest BCUT2D eigenvalue weighted by molar-refractivity contribution is 0.0697. The van der Waals surface area contributed by atoms with E-state index in [0.29, 0.717) is 25.3 Å². The SMILES string of the molecule is O=C(O)c1cccc(C(=O)NCCCc2ccc3c(c2)OCCO3)c1. The molecule has 0 saturated carbocycles.